The highest BCUT2D eigenvalue weighted by Crippen LogP contribution is 2.28. The molecule has 0 radical (unpaired) electrons. The molecule has 0 aliphatic rings. The Bertz CT molecular complexity index is 1150. The summed E-state index contributed by atoms with van der Waals surface area (Å²) in [6.45, 7) is 2.08. The molecular formula is C24H23N5. The van der Waals surface area contributed by atoms with Gasteiger partial charge in [0.15, 0.2) is 0 Å². The Kier molecular flexibility index (Phi) is 5.20. The lowest BCUT2D eigenvalue weighted by Gasteiger charge is -2.11. The van der Waals surface area contributed by atoms with Crippen molar-refractivity contribution in [2.24, 2.45) is 5.10 Å². The fourth-order valence-corrected chi connectivity index (χ4v) is 3.13. The minimum atomic E-state index is 0.473. The van der Waals surface area contributed by atoms with Crippen LogP contribution in [0.15, 0.2) is 77.9 Å². The fourth-order valence-electron chi connectivity index (χ4n) is 3.13. The van der Waals surface area contributed by atoms with Gasteiger partial charge >= 0.3 is 0 Å². The van der Waals surface area contributed by atoms with Crippen LogP contribution in [0.1, 0.15) is 11.1 Å². The zero-order valence-corrected chi connectivity index (χ0v) is 16.8. The van der Waals surface area contributed by atoms with Crippen LogP contribution in [-0.4, -0.2) is 30.3 Å². The standard InChI is InChI=1S/C24H23N5/c1-17-9-14-22-21(15-17)23(19-7-5-4-6-8-19)27-24(26-22)28-25-16-18-10-12-20(13-11-18)29(2)3/h4-16H,1-3H3,(H,26,27,28)/b25-16+. The minimum absolute atomic E-state index is 0.473. The predicted octanol–water partition coefficient (Wildman–Crippen LogP) is 5.12. The molecule has 1 N–H and O–H groups in total. The molecule has 3 aromatic carbocycles. The van der Waals surface area contributed by atoms with Gasteiger partial charge in [0.1, 0.15) is 0 Å². The molecule has 0 fully saturated rings. The van der Waals surface area contributed by atoms with E-state index in [2.05, 4.69) is 63.7 Å². The van der Waals surface area contributed by atoms with Gasteiger partial charge in [0, 0.05) is 30.7 Å². The van der Waals surface area contributed by atoms with Crippen molar-refractivity contribution in [2.75, 3.05) is 24.4 Å². The van der Waals surface area contributed by atoms with E-state index in [1.807, 2.05) is 50.5 Å². The molecule has 4 aromatic rings. The molecule has 0 saturated carbocycles. The zero-order chi connectivity index (χ0) is 20.2. The Morgan fingerprint density at radius 2 is 1.66 bits per heavy atom. The van der Waals surface area contributed by atoms with Crippen LogP contribution >= 0.6 is 0 Å². The molecule has 0 bridgehead atoms. The van der Waals surface area contributed by atoms with Gasteiger partial charge < -0.3 is 4.90 Å². The fraction of sp³-hybridized carbons (Fsp3) is 0.125. The van der Waals surface area contributed by atoms with Crippen molar-refractivity contribution in [3.05, 3.63) is 83.9 Å². The largest absolute Gasteiger partial charge is 0.378 e. The van der Waals surface area contributed by atoms with E-state index in [0.29, 0.717) is 5.95 Å². The van der Waals surface area contributed by atoms with E-state index >= 15 is 0 Å². The second kappa shape index (κ2) is 8.10. The molecule has 0 atom stereocenters. The van der Waals surface area contributed by atoms with Crippen LogP contribution in [0.2, 0.25) is 0 Å². The average molecular weight is 381 g/mol. The maximum absolute atomic E-state index is 4.74. The molecule has 1 heterocycles. The lowest BCUT2D eigenvalue weighted by molar-refractivity contribution is 1.13. The number of hydrogen-bond acceptors (Lipinski definition) is 5. The van der Waals surface area contributed by atoms with Gasteiger partial charge in [-0.1, -0.05) is 54.1 Å². The molecule has 5 heteroatoms. The summed E-state index contributed by atoms with van der Waals surface area (Å²) in [5.74, 6) is 0.473. The molecule has 144 valence electrons. The van der Waals surface area contributed by atoms with E-state index in [1.165, 1.54) is 5.56 Å². The number of fused-ring (bicyclic) bond motifs is 1. The van der Waals surface area contributed by atoms with Crippen LogP contribution in [0.3, 0.4) is 0 Å². The molecule has 4 rings (SSSR count). The van der Waals surface area contributed by atoms with E-state index in [-0.39, 0.29) is 0 Å². The number of benzene rings is 3. The smallest absolute Gasteiger partial charge is 0.244 e. The zero-order valence-electron chi connectivity index (χ0n) is 16.8. The van der Waals surface area contributed by atoms with Gasteiger partial charge in [0.2, 0.25) is 5.95 Å². The second-order valence-electron chi connectivity index (χ2n) is 7.14. The Balaban J connectivity index is 1.65. The number of hydrogen-bond donors (Lipinski definition) is 1. The topological polar surface area (TPSA) is 53.4 Å². The molecule has 0 spiro atoms. The van der Waals surface area contributed by atoms with E-state index < -0.39 is 0 Å². The summed E-state index contributed by atoms with van der Waals surface area (Å²) in [6.07, 6.45) is 1.77. The van der Waals surface area contributed by atoms with Crippen LogP contribution in [0.4, 0.5) is 11.6 Å². The normalized spacial score (nSPS) is 11.1. The van der Waals surface area contributed by atoms with E-state index in [9.17, 15) is 0 Å². The predicted molar refractivity (Wildman–Crippen MR) is 122 cm³/mol. The maximum atomic E-state index is 4.74. The molecule has 29 heavy (non-hydrogen) atoms. The van der Waals surface area contributed by atoms with Crippen molar-refractivity contribution in [2.45, 2.75) is 6.92 Å². The number of anilines is 2. The Morgan fingerprint density at radius 3 is 2.38 bits per heavy atom. The van der Waals surface area contributed by atoms with Gasteiger partial charge in [-0.25, -0.2) is 15.4 Å². The highest BCUT2D eigenvalue weighted by Gasteiger charge is 2.09. The first-order valence-electron chi connectivity index (χ1n) is 9.50. The molecule has 0 aliphatic carbocycles. The van der Waals surface area contributed by atoms with Crippen LogP contribution in [0, 0.1) is 6.92 Å². The number of aryl methyl sites for hydroxylation is 1. The maximum Gasteiger partial charge on any atom is 0.244 e. The van der Waals surface area contributed by atoms with Crippen molar-refractivity contribution < 1.29 is 0 Å². The molecule has 1 aromatic heterocycles. The van der Waals surface area contributed by atoms with Gasteiger partial charge in [-0.15, -0.1) is 0 Å². The van der Waals surface area contributed by atoms with Crippen LogP contribution in [-0.2, 0) is 0 Å². The first-order chi connectivity index (χ1) is 14.1. The van der Waals surface area contributed by atoms with E-state index in [0.717, 1.165) is 33.4 Å². The summed E-state index contributed by atoms with van der Waals surface area (Å²) in [5, 5.41) is 5.36. The van der Waals surface area contributed by atoms with Crippen LogP contribution < -0.4 is 10.3 Å². The summed E-state index contributed by atoms with van der Waals surface area (Å²) in [5.41, 5.74) is 9.15. The SMILES string of the molecule is Cc1ccc2nc(N/N=C/c3ccc(N(C)C)cc3)nc(-c3ccccc3)c2c1. The van der Waals surface area contributed by atoms with Crippen LogP contribution in [0.25, 0.3) is 22.2 Å². The van der Waals surface area contributed by atoms with Crippen molar-refractivity contribution in [1.82, 2.24) is 9.97 Å². The highest BCUT2D eigenvalue weighted by molar-refractivity contribution is 5.93. The Morgan fingerprint density at radius 1 is 0.897 bits per heavy atom. The molecular weight excluding hydrogens is 358 g/mol. The number of nitrogens with zero attached hydrogens (tertiary/aromatic N) is 4. The second-order valence-corrected chi connectivity index (χ2v) is 7.14. The highest BCUT2D eigenvalue weighted by atomic mass is 15.3. The lowest BCUT2D eigenvalue weighted by atomic mass is 10.0. The van der Waals surface area contributed by atoms with E-state index in [1.54, 1.807) is 6.21 Å². The third-order valence-corrected chi connectivity index (χ3v) is 4.69. The summed E-state index contributed by atoms with van der Waals surface area (Å²) in [4.78, 5) is 11.4. The van der Waals surface area contributed by atoms with Crippen molar-refractivity contribution in [1.29, 1.82) is 0 Å². The summed E-state index contributed by atoms with van der Waals surface area (Å²) < 4.78 is 0. The number of aromatic nitrogens is 2. The van der Waals surface area contributed by atoms with Crippen molar-refractivity contribution in [3.63, 3.8) is 0 Å². The number of hydrazone groups is 1. The Labute approximate surface area is 170 Å². The van der Waals surface area contributed by atoms with Gasteiger partial charge in [0.25, 0.3) is 0 Å². The third kappa shape index (κ3) is 4.24. The lowest BCUT2D eigenvalue weighted by Crippen LogP contribution is -2.08. The quantitative estimate of drug-likeness (QED) is 0.385. The molecule has 0 unspecified atom stereocenters. The van der Waals surface area contributed by atoms with Gasteiger partial charge in [-0.3, -0.25) is 0 Å². The van der Waals surface area contributed by atoms with Gasteiger partial charge in [-0.05, 0) is 36.8 Å². The van der Waals surface area contributed by atoms with E-state index in [4.69, 9.17) is 4.98 Å². The number of rotatable bonds is 5. The first-order valence-corrected chi connectivity index (χ1v) is 9.50. The third-order valence-electron chi connectivity index (χ3n) is 4.69. The first kappa shape index (κ1) is 18.6. The molecule has 0 amide bonds. The average Bonchev–Trinajstić information content (AvgIpc) is 2.74. The number of nitrogens with one attached hydrogen (secondary N) is 1. The summed E-state index contributed by atoms with van der Waals surface area (Å²) in [7, 11) is 4.04. The van der Waals surface area contributed by atoms with Gasteiger partial charge in [0.05, 0.1) is 17.4 Å². The summed E-state index contributed by atoms with van der Waals surface area (Å²) >= 11 is 0. The van der Waals surface area contributed by atoms with Crippen molar-refractivity contribution in [3.8, 4) is 11.3 Å². The molecule has 5 nitrogen and oxygen atoms in total. The van der Waals surface area contributed by atoms with Crippen molar-refractivity contribution >= 4 is 28.8 Å². The molecule has 0 saturated heterocycles. The monoisotopic (exact) mass is 381 g/mol. The van der Waals surface area contributed by atoms with Gasteiger partial charge in [-0.2, -0.15) is 5.10 Å². The van der Waals surface area contributed by atoms with Crippen LogP contribution in [0.5, 0.6) is 0 Å². The minimum Gasteiger partial charge on any atom is -0.378 e. The molecule has 0 aliphatic heterocycles. The summed E-state index contributed by atoms with van der Waals surface area (Å²) in [6, 6.07) is 24.5. The Hall–Kier alpha value is -3.73.